The lowest BCUT2D eigenvalue weighted by atomic mass is 10.1. The smallest absolute Gasteiger partial charge is 0.255 e. The van der Waals surface area contributed by atoms with Crippen LogP contribution in [-0.2, 0) is 0 Å². The van der Waals surface area contributed by atoms with E-state index in [-0.39, 0.29) is 11.8 Å². The van der Waals surface area contributed by atoms with E-state index in [0.29, 0.717) is 16.8 Å². The highest BCUT2D eigenvalue weighted by Crippen LogP contribution is 2.20. The van der Waals surface area contributed by atoms with E-state index >= 15 is 0 Å². The Hall–Kier alpha value is -3.40. The van der Waals surface area contributed by atoms with E-state index in [1.54, 1.807) is 24.3 Å². The fraction of sp³-hybridized carbons (Fsp3) is 0.0909. The highest BCUT2D eigenvalue weighted by atomic mass is 16.2. The summed E-state index contributed by atoms with van der Waals surface area (Å²) in [5, 5.41) is 5.78. The van der Waals surface area contributed by atoms with Crippen molar-refractivity contribution in [2.24, 2.45) is 0 Å². The molecular formula is C22H20N2O2. The van der Waals surface area contributed by atoms with Crippen molar-refractivity contribution in [2.45, 2.75) is 13.8 Å². The van der Waals surface area contributed by atoms with Gasteiger partial charge >= 0.3 is 0 Å². The maximum atomic E-state index is 12.6. The Bertz CT molecular complexity index is 949. The second kappa shape index (κ2) is 7.66. The minimum atomic E-state index is -0.213. The van der Waals surface area contributed by atoms with Gasteiger partial charge in [-0.05, 0) is 55.3 Å². The van der Waals surface area contributed by atoms with Gasteiger partial charge in [0.15, 0.2) is 0 Å². The van der Waals surface area contributed by atoms with Crippen LogP contribution in [0.2, 0.25) is 0 Å². The number of carbonyl (C=O) groups is 2. The molecule has 0 atom stereocenters. The molecule has 0 aliphatic carbocycles. The van der Waals surface area contributed by atoms with E-state index in [0.717, 1.165) is 16.8 Å². The second-order valence-corrected chi connectivity index (χ2v) is 6.12. The molecule has 4 nitrogen and oxygen atoms in total. The molecule has 2 N–H and O–H groups in total. The Balaban J connectivity index is 1.80. The molecule has 3 aromatic carbocycles. The predicted octanol–water partition coefficient (Wildman–Crippen LogP) is 4.81. The number of hydrogen-bond acceptors (Lipinski definition) is 2. The second-order valence-electron chi connectivity index (χ2n) is 6.12. The first kappa shape index (κ1) is 17.4. The third-order valence-corrected chi connectivity index (χ3v) is 4.18. The van der Waals surface area contributed by atoms with Crippen LogP contribution in [0.4, 0.5) is 11.4 Å². The van der Waals surface area contributed by atoms with E-state index < -0.39 is 0 Å². The van der Waals surface area contributed by atoms with Crippen LogP contribution in [0.25, 0.3) is 0 Å². The molecule has 2 amide bonds. The van der Waals surface area contributed by atoms with E-state index in [9.17, 15) is 9.59 Å². The summed E-state index contributed by atoms with van der Waals surface area (Å²) < 4.78 is 0. The lowest BCUT2D eigenvalue weighted by Gasteiger charge is -2.12. The van der Waals surface area contributed by atoms with E-state index in [1.807, 2.05) is 62.4 Å². The highest BCUT2D eigenvalue weighted by molar-refractivity contribution is 6.08. The van der Waals surface area contributed by atoms with Crippen molar-refractivity contribution in [2.75, 3.05) is 10.6 Å². The Kier molecular flexibility index (Phi) is 5.13. The lowest BCUT2D eigenvalue weighted by Crippen LogP contribution is -2.15. The molecule has 0 radical (unpaired) electrons. The molecule has 0 aliphatic rings. The number of rotatable bonds is 4. The van der Waals surface area contributed by atoms with Gasteiger partial charge in [-0.1, -0.05) is 42.5 Å². The van der Waals surface area contributed by atoms with Gasteiger partial charge in [-0.3, -0.25) is 9.59 Å². The zero-order chi connectivity index (χ0) is 18.5. The van der Waals surface area contributed by atoms with Crippen molar-refractivity contribution >= 4 is 23.2 Å². The predicted molar refractivity (Wildman–Crippen MR) is 105 cm³/mol. The summed E-state index contributed by atoms with van der Waals surface area (Å²) in [7, 11) is 0. The Morgan fingerprint density at radius 3 is 1.92 bits per heavy atom. The van der Waals surface area contributed by atoms with Gasteiger partial charge in [0.1, 0.15) is 0 Å². The molecule has 0 unspecified atom stereocenters. The minimum absolute atomic E-state index is 0.204. The first-order valence-corrected chi connectivity index (χ1v) is 8.38. The topological polar surface area (TPSA) is 58.2 Å². The molecule has 4 heteroatoms. The van der Waals surface area contributed by atoms with Crippen LogP contribution >= 0.6 is 0 Å². The first-order valence-electron chi connectivity index (χ1n) is 8.38. The summed E-state index contributed by atoms with van der Waals surface area (Å²) in [6.07, 6.45) is 0. The van der Waals surface area contributed by atoms with Crippen molar-refractivity contribution < 1.29 is 9.59 Å². The van der Waals surface area contributed by atoms with Crippen LogP contribution in [0.5, 0.6) is 0 Å². The summed E-state index contributed by atoms with van der Waals surface area (Å²) in [5.74, 6) is -0.417. The molecule has 0 saturated carbocycles. The normalized spacial score (nSPS) is 10.2. The van der Waals surface area contributed by atoms with Gasteiger partial charge in [0, 0.05) is 22.5 Å². The number of anilines is 2. The quantitative estimate of drug-likeness (QED) is 0.714. The van der Waals surface area contributed by atoms with Crippen molar-refractivity contribution in [1.29, 1.82) is 0 Å². The Labute approximate surface area is 152 Å². The third-order valence-electron chi connectivity index (χ3n) is 4.18. The lowest BCUT2D eigenvalue weighted by molar-refractivity contribution is 0.101. The van der Waals surface area contributed by atoms with Gasteiger partial charge in [-0.15, -0.1) is 0 Å². The average Bonchev–Trinajstić information content (AvgIpc) is 2.66. The number of carbonyl (C=O) groups excluding carboxylic acids is 2. The number of aryl methyl sites for hydroxylation is 2. The van der Waals surface area contributed by atoms with E-state index in [4.69, 9.17) is 0 Å². The van der Waals surface area contributed by atoms with E-state index in [1.165, 1.54) is 0 Å². The summed E-state index contributed by atoms with van der Waals surface area (Å²) in [6.45, 7) is 3.83. The zero-order valence-corrected chi connectivity index (χ0v) is 14.7. The molecule has 0 heterocycles. The van der Waals surface area contributed by atoms with Crippen molar-refractivity contribution in [3.8, 4) is 0 Å². The SMILES string of the molecule is Cc1ccccc1NC(=O)c1ccc(C)c(NC(=O)c2ccccc2)c1. The van der Waals surface area contributed by atoms with Crippen molar-refractivity contribution in [1.82, 2.24) is 0 Å². The molecule has 0 aliphatic heterocycles. The van der Waals surface area contributed by atoms with Crippen LogP contribution in [0.15, 0.2) is 72.8 Å². The number of benzene rings is 3. The van der Waals surface area contributed by atoms with E-state index in [2.05, 4.69) is 10.6 Å². The fourth-order valence-electron chi connectivity index (χ4n) is 2.59. The average molecular weight is 344 g/mol. The first-order chi connectivity index (χ1) is 12.5. The monoisotopic (exact) mass is 344 g/mol. The van der Waals surface area contributed by atoms with Crippen molar-refractivity contribution in [3.05, 3.63) is 95.1 Å². The minimum Gasteiger partial charge on any atom is -0.322 e. The molecule has 0 saturated heterocycles. The maximum absolute atomic E-state index is 12.6. The number of hydrogen-bond donors (Lipinski definition) is 2. The molecule has 3 rings (SSSR count). The standard InChI is InChI=1S/C22H20N2O2/c1-15-8-6-7-11-19(15)23-22(26)18-13-12-16(2)20(14-18)24-21(25)17-9-4-3-5-10-17/h3-14H,1-2H3,(H,23,26)(H,24,25). The van der Waals surface area contributed by atoms with Gasteiger partial charge < -0.3 is 10.6 Å². The number of nitrogens with one attached hydrogen (secondary N) is 2. The van der Waals surface area contributed by atoms with Gasteiger partial charge in [-0.25, -0.2) is 0 Å². The fourth-order valence-corrected chi connectivity index (χ4v) is 2.59. The summed E-state index contributed by atoms with van der Waals surface area (Å²) in [4.78, 5) is 24.9. The molecule has 0 aromatic heterocycles. The molecule has 26 heavy (non-hydrogen) atoms. The van der Waals surface area contributed by atoms with Crippen LogP contribution in [0, 0.1) is 13.8 Å². The van der Waals surface area contributed by atoms with Crippen LogP contribution in [-0.4, -0.2) is 11.8 Å². The number of amides is 2. The molecule has 130 valence electrons. The maximum Gasteiger partial charge on any atom is 0.255 e. The Morgan fingerprint density at radius 1 is 0.615 bits per heavy atom. The van der Waals surface area contributed by atoms with Crippen LogP contribution in [0.3, 0.4) is 0 Å². The van der Waals surface area contributed by atoms with Gasteiger partial charge in [0.2, 0.25) is 0 Å². The zero-order valence-electron chi connectivity index (χ0n) is 14.7. The highest BCUT2D eigenvalue weighted by Gasteiger charge is 2.12. The van der Waals surface area contributed by atoms with Crippen LogP contribution in [0.1, 0.15) is 31.8 Å². The molecule has 3 aromatic rings. The van der Waals surface area contributed by atoms with Gasteiger partial charge in [0.05, 0.1) is 0 Å². The molecule has 0 bridgehead atoms. The van der Waals surface area contributed by atoms with Gasteiger partial charge in [0.25, 0.3) is 11.8 Å². The molecular weight excluding hydrogens is 324 g/mol. The summed E-state index contributed by atoms with van der Waals surface area (Å²) >= 11 is 0. The third kappa shape index (κ3) is 3.98. The molecule has 0 fully saturated rings. The summed E-state index contributed by atoms with van der Waals surface area (Å²) in [5.41, 5.74) is 4.33. The van der Waals surface area contributed by atoms with Gasteiger partial charge in [-0.2, -0.15) is 0 Å². The number of para-hydroxylation sites is 1. The largest absolute Gasteiger partial charge is 0.322 e. The summed E-state index contributed by atoms with van der Waals surface area (Å²) in [6, 6.07) is 21.9. The Morgan fingerprint density at radius 2 is 1.19 bits per heavy atom. The van der Waals surface area contributed by atoms with Crippen molar-refractivity contribution in [3.63, 3.8) is 0 Å². The molecule has 0 spiro atoms. The van der Waals surface area contributed by atoms with Crippen LogP contribution < -0.4 is 10.6 Å².